The summed E-state index contributed by atoms with van der Waals surface area (Å²) in [6, 6.07) is 6.70. The highest BCUT2D eigenvalue weighted by molar-refractivity contribution is 7.15. The molecule has 0 aliphatic heterocycles. The Morgan fingerprint density at radius 2 is 2.06 bits per heavy atom. The van der Waals surface area contributed by atoms with E-state index in [0.717, 1.165) is 23.7 Å². The number of aromatic carboxylic acids is 1. The maximum absolute atomic E-state index is 10.7. The van der Waals surface area contributed by atoms with Gasteiger partial charge in [-0.2, -0.15) is 0 Å². The minimum absolute atomic E-state index is 0.294. The van der Waals surface area contributed by atoms with Gasteiger partial charge in [-0.25, -0.2) is 9.78 Å². The zero-order chi connectivity index (χ0) is 12.5. The fraction of sp³-hybridized carbons (Fsp3) is 0.231. The number of fused-ring (bicyclic) bond motifs is 1. The quantitative estimate of drug-likeness (QED) is 0.890. The molecular weight excluding hydrogens is 248 g/mol. The predicted octanol–water partition coefficient (Wildman–Crippen LogP) is 3.07. The zero-order valence-corrected chi connectivity index (χ0v) is 10.5. The average Bonchev–Trinajstić information content (AvgIpc) is 2.90. The first kappa shape index (κ1) is 11.2. The van der Waals surface area contributed by atoms with Crippen LogP contribution in [-0.4, -0.2) is 16.1 Å². The monoisotopic (exact) mass is 260 g/mol. The van der Waals surface area contributed by atoms with Crippen molar-refractivity contribution in [2.24, 2.45) is 0 Å². The Kier molecular flexibility index (Phi) is 2.76. The number of rotatable bonds is 3. The van der Waals surface area contributed by atoms with Gasteiger partial charge in [-0.15, -0.1) is 11.3 Å². The molecule has 1 heterocycles. The van der Waals surface area contributed by atoms with Crippen molar-refractivity contribution < 1.29 is 9.90 Å². The van der Waals surface area contributed by atoms with Crippen molar-refractivity contribution in [1.29, 1.82) is 0 Å². The Balaban J connectivity index is 1.77. The van der Waals surface area contributed by atoms with E-state index in [1.165, 1.54) is 17.0 Å². The molecule has 2 N–H and O–H groups in total. The van der Waals surface area contributed by atoms with Crippen molar-refractivity contribution >= 4 is 28.1 Å². The van der Waals surface area contributed by atoms with Gasteiger partial charge in [0.05, 0.1) is 11.3 Å². The number of hydrogen-bond acceptors (Lipinski definition) is 4. The summed E-state index contributed by atoms with van der Waals surface area (Å²) in [5.41, 5.74) is 2.37. The van der Waals surface area contributed by atoms with Crippen LogP contribution in [0.3, 0.4) is 0 Å². The van der Waals surface area contributed by atoms with Crippen LogP contribution in [0.15, 0.2) is 24.3 Å². The molecule has 3 rings (SSSR count). The van der Waals surface area contributed by atoms with Gasteiger partial charge in [-0.3, -0.25) is 0 Å². The first-order valence-corrected chi connectivity index (χ1v) is 6.63. The molecule has 1 aromatic carbocycles. The van der Waals surface area contributed by atoms with Crippen LogP contribution in [0, 0.1) is 0 Å². The minimum atomic E-state index is -0.908. The second-order valence-electron chi connectivity index (χ2n) is 4.25. The van der Waals surface area contributed by atoms with Crippen molar-refractivity contribution in [3.05, 3.63) is 40.4 Å². The van der Waals surface area contributed by atoms with Gasteiger partial charge in [0.1, 0.15) is 0 Å². The Labute approximate surface area is 108 Å². The molecule has 0 saturated carbocycles. The number of carboxylic acid groups (broad SMARTS) is 1. The summed E-state index contributed by atoms with van der Waals surface area (Å²) in [7, 11) is 0. The van der Waals surface area contributed by atoms with E-state index in [4.69, 9.17) is 5.11 Å². The van der Waals surface area contributed by atoms with Gasteiger partial charge in [0.2, 0.25) is 0 Å². The van der Waals surface area contributed by atoms with Crippen LogP contribution in [0.25, 0.3) is 0 Å². The number of anilines is 2. The van der Waals surface area contributed by atoms with Gasteiger partial charge in [0, 0.05) is 10.6 Å². The molecule has 4 nitrogen and oxygen atoms in total. The molecular formula is C13H12N2O2S. The Bertz CT molecular complexity index is 568. The molecule has 1 aromatic heterocycles. The van der Waals surface area contributed by atoms with Gasteiger partial charge < -0.3 is 10.4 Å². The maximum atomic E-state index is 10.7. The summed E-state index contributed by atoms with van der Waals surface area (Å²) in [5.74, 6) is -0.908. The molecule has 92 valence electrons. The molecule has 0 radical (unpaired) electrons. The Morgan fingerprint density at radius 3 is 2.72 bits per heavy atom. The third-order valence-electron chi connectivity index (χ3n) is 2.98. The highest BCUT2D eigenvalue weighted by atomic mass is 32.1. The normalized spacial score (nSPS) is 13.3. The van der Waals surface area contributed by atoms with Gasteiger partial charge in [0.15, 0.2) is 5.13 Å². The fourth-order valence-electron chi connectivity index (χ4n) is 2.06. The molecule has 0 unspecified atom stereocenters. The van der Waals surface area contributed by atoms with E-state index in [0.29, 0.717) is 5.56 Å². The lowest BCUT2D eigenvalue weighted by atomic mass is 10.2. The van der Waals surface area contributed by atoms with Crippen LogP contribution in [0.5, 0.6) is 0 Å². The fourth-order valence-corrected chi connectivity index (χ4v) is 3.13. The molecule has 18 heavy (non-hydrogen) atoms. The van der Waals surface area contributed by atoms with Crippen LogP contribution in [-0.2, 0) is 12.8 Å². The standard InChI is InChI=1S/C13H12N2O2S/c16-12(17)8-4-6-9(7-5-8)14-13-15-10-2-1-3-11(10)18-13/h4-7H,1-3H2,(H,14,15)(H,16,17). The number of nitrogens with one attached hydrogen (secondary N) is 1. The van der Waals surface area contributed by atoms with Crippen LogP contribution in [0.1, 0.15) is 27.3 Å². The summed E-state index contributed by atoms with van der Waals surface area (Å²) in [4.78, 5) is 16.6. The second-order valence-corrected chi connectivity index (χ2v) is 5.33. The maximum Gasteiger partial charge on any atom is 0.335 e. The molecule has 0 amide bonds. The number of carbonyl (C=O) groups is 1. The number of carboxylic acids is 1. The topological polar surface area (TPSA) is 62.2 Å². The van der Waals surface area contributed by atoms with E-state index >= 15 is 0 Å². The number of hydrogen-bond donors (Lipinski definition) is 2. The van der Waals surface area contributed by atoms with Gasteiger partial charge >= 0.3 is 5.97 Å². The molecule has 0 spiro atoms. The van der Waals surface area contributed by atoms with Crippen LogP contribution >= 0.6 is 11.3 Å². The van der Waals surface area contributed by atoms with Crippen molar-refractivity contribution in [2.45, 2.75) is 19.3 Å². The highest BCUT2D eigenvalue weighted by Gasteiger charge is 2.16. The molecule has 1 aliphatic carbocycles. The van der Waals surface area contributed by atoms with Crippen LogP contribution in [0.4, 0.5) is 10.8 Å². The largest absolute Gasteiger partial charge is 0.478 e. The van der Waals surface area contributed by atoms with Gasteiger partial charge in [-0.05, 0) is 43.5 Å². The molecule has 1 aliphatic rings. The second kappa shape index (κ2) is 4.42. The summed E-state index contributed by atoms with van der Waals surface area (Å²) in [5, 5.41) is 12.9. The van der Waals surface area contributed by atoms with Crippen molar-refractivity contribution in [2.75, 3.05) is 5.32 Å². The number of aryl methyl sites for hydroxylation is 2. The predicted molar refractivity (Wildman–Crippen MR) is 70.8 cm³/mol. The van der Waals surface area contributed by atoms with E-state index in [-0.39, 0.29) is 0 Å². The lowest BCUT2D eigenvalue weighted by molar-refractivity contribution is 0.0697. The SMILES string of the molecule is O=C(O)c1ccc(Nc2nc3c(s2)CCC3)cc1. The van der Waals surface area contributed by atoms with E-state index in [9.17, 15) is 4.79 Å². The number of nitrogens with zero attached hydrogens (tertiary/aromatic N) is 1. The van der Waals surface area contributed by atoms with Crippen molar-refractivity contribution in [3.63, 3.8) is 0 Å². The zero-order valence-electron chi connectivity index (χ0n) is 9.64. The summed E-state index contributed by atoms with van der Waals surface area (Å²) >= 11 is 1.69. The van der Waals surface area contributed by atoms with E-state index in [1.807, 2.05) is 0 Å². The number of aromatic nitrogens is 1. The lowest BCUT2D eigenvalue weighted by Crippen LogP contribution is -1.96. The van der Waals surface area contributed by atoms with E-state index in [2.05, 4.69) is 10.3 Å². The summed E-state index contributed by atoms with van der Waals surface area (Å²) in [6.07, 6.45) is 3.42. The average molecular weight is 260 g/mol. The van der Waals surface area contributed by atoms with E-state index < -0.39 is 5.97 Å². The minimum Gasteiger partial charge on any atom is -0.478 e. The number of benzene rings is 1. The van der Waals surface area contributed by atoms with Crippen LogP contribution < -0.4 is 5.32 Å². The first-order chi connectivity index (χ1) is 8.72. The molecule has 0 atom stereocenters. The van der Waals surface area contributed by atoms with E-state index in [1.54, 1.807) is 35.6 Å². The highest BCUT2D eigenvalue weighted by Crippen LogP contribution is 2.31. The van der Waals surface area contributed by atoms with Crippen LogP contribution in [0.2, 0.25) is 0 Å². The number of thiazole rings is 1. The third-order valence-corrected chi connectivity index (χ3v) is 4.05. The van der Waals surface area contributed by atoms with Crippen molar-refractivity contribution in [3.8, 4) is 0 Å². The smallest absolute Gasteiger partial charge is 0.335 e. The molecule has 0 bridgehead atoms. The summed E-state index contributed by atoms with van der Waals surface area (Å²) < 4.78 is 0. The molecule has 0 fully saturated rings. The van der Waals surface area contributed by atoms with Crippen molar-refractivity contribution in [1.82, 2.24) is 4.98 Å². The molecule has 2 aromatic rings. The van der Waals surface area contributed by atoms with Gasteiger partial charge in [-0.1, -0.05) is 0 Å². The molecule has 5 heteroatoms. The lowest BCUT2D eigenvalue weighted by Gasteiger charge is -2.02. The third kappa shape index (κ3) is 2.09. The Morgan fingerprint density at radius 1 is 1.28 bits per heavy atom. The molecule has 0 saturated heterocycles. The van der Waals surface area contributed by atoms with Gasteiger partial charge in [0.25, 0.3) is 0 Å². The summed E-state index contributed by atoms with van der Waals surface area (Å²) in [6.45, 7) is 0. The first-order valence-electron chi connectivity index (χ1n) is 5.81. The Hall–Kier alpha value is -1.88.